The predicted octanol–water partition coefficient (Wildman–Crippen LogP) is -0.696. The Labute approximate surface area is 94.9 Å². The SMILES string of the molecule is CCOC(=O)NS(=O)(=O)NC(CN)C1CC1. The number of nitrogens with one attached hydrogen (secondary N) is 2. The topological polar surface area (TPSA) is 111 Å². The molecular formula is C8H17N3O4S. The molecule has 1 aliphatic carbocycles. The van der Waals surface area contributed by atoms with Crippen LogP contribution in [-0.2, 0) is 14.9 Å². The number of nitrogens with two attached hydrogens (primary N) is 1. The van der Waals surface area contributed by atoms with E-state index in [-0.39, 0.29) is 25.1 Å². The highest BCUT2D eigenvalue weighted by molar-refractivity contribution is 7.88. The van der Waals surface area contributed by atoms with Crippen molar-refractivity contribution in [2.75, 3.05) is 13.2 Å². The first-order valence-corrected chi connectivity index (χ1v) is 6.63. The number of ether oxygens (including phenoxy) is 1. The molecule has 16 heavy (non-hydrogen) atoms. The summed E-state index contributed by atoms with van der Waals surface area (Å²) < 4.78 is 31.4. The molecule has 1 atom stereocenters. The fraction of sp³-hybridized carbons (Fsp3) is 0.875. The monoisotopic (exact) mass is 251 g/mol. The summed E-state index contributed by atoms with van der Waals surface area (Å²) in [6.45, 7) is 1.92. The number of hydrogen-bond acceptors (Lipinski definition) is 5. The fourth-order valence-electron chi connectivity index (χ4n) is 1.33. The molecule has 8 heteroatoms. The van der Waals surface area contributed by atoms with Crippen LogP contribution >= 0.6 is 0 Å². The van der Waals surface area contributed by atoms with Crippen LogP contribution in [0.25, 0.3) is 0 Å². The molecule has 7 nitrogen and oxygen atoms in total. The first-order chi connectivity index (χ1) is 7.48. The maximum Gasteiger partial charge on any atom is 0.421 e. The maximum absolute atomic E-state index is 11.4. The van der Waals surface area contributed by atoms with E-state index in [4.69, 9.17) is 5.73 Å². The van der Waals surface area contributed by atoms with Crippen molar-refractivity contribution in [3.8, 4) is 0 Å². The van der Waals surface area contributed by atoms with Gasteiger partial charge in [0.05, 0.1) is 6.61 Å². The minimum Gasteiger partial charge on any atom is -0.449 e. The van der Waals surface area contributed by atoms with Crippen LogP contribution in [0.15, 0.2) is 0 Å². The average molecular weight is 251 g/mol. The van der Waals surface area contributed by atoms with E-state index in [1.165, 1.54) is 0 Å². The number of rotatable bonds is 6. The molecule has 0 saturated heterocycles. The second-order valence-electron chi connectivity index (χ2n) is 3.62. The van der Waals surface area contributed by atoms with Crippen LogP contribution in [0.2, 0.25) is 0 Å². The van der Waals surface area contributed by atoms with E-state index >= 15 is 0 Å². The molecule has 0 aromatic rings. The zero-order valence-corrected chi connectivity index (χ0v) is 9.92. The van der Waals surface area contributed by atoms with Crippen molar-refractivity contribution in [2.45, 2.75) is 25.8 Å². The van der Waals surface area contributed by atoms with Crippen molar-refractivity contribution in [1.29, 1.82) is 0 Å². The Morgan fingerprint density at radius 2 is 2.19 bits per heavy atom. The van der Waals surface area contributed by atoms with E-state index in [9.17, 15) is 13.2 Å². The van der Waals surface area contributed by atoms with E-state index in [0.717, 1.165) is 12.8 Å². The molecule has 1 aliphatic rings. The lowest BCUT2D eigenvalue weighted by molar-refractivity contribution is 0.158. The Morgan fingerprint density at radius 1 is 1.56 bits per heavy atom. The third-order valence-electron chi connectivity index (χ3n) is 2.24. The molecule has 4 N–H and O–H groups in total. The van der Waals surface area contributed by atoms with Gasteiger partial charge in [0, 0.05) is 12.6 Å². The zero-order valence-electron chi connectivity index (χ0n) is 9.10. The number of amides is 1. The molecule has 0 radical (unpaired) electrons. The summed E-state index contributed by atoms with van der Waals surface area (Å²) in [5, 5.41) is 0. The van der Waals surface area contributed by atoms with Crippen LogP contribution in [0.4, 0.5) is 4.79 Å². The molecule has 1 rings (SSSR count). The van der Waals surface area contributed by atoms with E-state index in [0.29, 0.717) is 0 Å². The molecular weight excluding hydrogens is 234 g/mol. The Kier molecular flexibility index (Phi) is 4.51. The second-order valence-corrected chi connectivity index (χ2v) is 5.07. The quantitative estimate of drug-likeness (QED) is 0.578. The van der Waals surface area contributed by atoms with Crippen molar-refractivity contribution in [3.63, 3.8) is 0 Å². The third-order valence-corrected chi connectivity index (χ3v) is 3.29. The molecule has 1 saturated carbocycles. The lowest BCUT2D eigenvalue weighted by Crippen LogP contribution is -2.48. The highest BCUT2D eigenvalue weighted by atomic mass is 32.2. The standard InChI is InChI=1S/C8H17N3O4S/c1-2-15-8(12)11-16(13,14)10-7(5-9)6-3-4-6/h6-7,10H,2-5,9H2,1H3,(H,11,12). The average Bonchev–Trinajstić information content (AvgIpc) is 2.96. The first kappa shape index (κ1) is 13.2. The molecule has 0 bridgehead atoms. The van der Waals surface area contributed by atoms with Crippen LogP contribution in [-0.4, -0.2) is 33.7 Å². The summed E-state index contributed by atoms with van der Waals surface area (Å²) in [5.74, 6) is 0.281. The largest absolute Gasteiger partial charge is 0.449 e. The summed E-state index contributed by atoms with van der Waals surface area (Å²) in [4.78, 5) is 10.9. The number of carbonyl (C=O) groups is 1. The normalized spacial score (nSPS) is 17.9. The van der Waals surface area contributed by atoms with E-state index in [1.807, 2.05) is 0 Å². The second kappa shape index (κ2) is 5.46. The molecule has 0 heterocycles. The molecule has 0 aromatic carbocycles. The molecule has 1 fully saturated rings. The van der Waals surface area contributed by atoms with Crippen molar-refractivity contribution >= 4 is 16.3 Å². The zero-order chi connectivity index (χ0) is 12.2. The van der Waals surface area contributed by atoms with Gasteiger partial charge in [-0.3, -0.25) is 0 Å². The maximum atomic E-state index is 11.4. The lowest BCUT2D eigenvalue weighted by atomic mass is 10.2. The van der Waals surface area contributed by atoms with Gasteiger partial charge in [0.2, 0.25) is 0 Å². The van der Waals surface area contributed by atoms with Crippen molar-refractivity contribution in [1.82, 2.24) is 9.44 Å². The lowest BCUT2D eigenvalue weighted by Gasteiger charge is -2.16. The molecule has 0 spiro atoms. The molecule has 1 amide bonds. The van der Waals surface area contributed by atoms with Gasteiger partial charge in [-0.25, -0.2) is 9.52 Å². The van der Waals surface area contributed by atoms with Crippen LogP contribution in [0.5, 0.6) is 0 Å². The summed E-state index contributed by atoms with van der Waals surface area (Å²) >= 11 is 0. The van der Waals surface area contributed by atoms with Crippen LogP contribution < -0.4 is 15.2 Å². The van der Waals surface area contributed by atoms with Gasteiger partial charge in [-0.1, -0.05) is 0 Å². The van der Waals surface area contributed by atoms with Crippen LogP contribution in [0, 0.1) is 5.92 Å². The molecule has 0 aliphatic heterocycles. The first-order valence-electron chi connectivity index (χ1n) is 5.15. The molecule has 0 aromatic heterocycles. The molecule has 94 valence electrons. The summed E-state index contributed by atoms with van der Waals surface area (Å²) in [6, 6.07) is -0.313. The fourth-order valence-corrected chi connectivity index (χ4v) is 2.36. The highest BCUT2D eigenvalue weighted by Crippen LogP contribution is 2.32. The van der Waals surface area contributed by atoms with Crippen molar-refractivity contribution < 1.29 is 17.9 Å². The van der Waals surface area contributed by atoms with Crippen molar-refractivity contribution in [3.05, 3.63) is 0 Å². The van der Waals surface area contributed by atoms with Gasteiger partial charge in [0.1, 0.15) is 0 Å². The number of carbonyl (C=O) groups excluding carboxylic acids is 1. The Morgan fingerprint density at radius 3 is 2.62 bits per heavy atom. The van der Waals surface area contributed by atoms with Gasteiger partial charge in [-0.15, -0.1) is 0 Å². The highest BCUT2D eigenvalue weighted by Gasteiger charge is 2.33. The Bertz CT molecular complexity index is 339. The van der Waals surface area contributed by atoms with Gasteiger partial charge < -0.3 is 10.5 Å². The van der Waals surface area contributed by atoms with Gasteiger partial charge >= 0.3 is 16.3 Å². The van der Waals surface area contributed by atoms with Gasteiger partial charge in [0.15, 0.2) is 0 Å². The van der Waals surface area contributed by atoms with E-state index < -0.39 is 16.3 Å². The van der Waals surface area contributed by atoms with Crippen LogP contribution in [0.3, 0.4) is 0 Å². The van der Waals surface area contributed by atoms with Gasteiger partial charge in [-0.2, -0.15) is 13.1 Å². The van der Waals surface area contributed by atoms with Crippen molar-refractivity contribution in [2.24, 2.45) is 11.7 Å². The third kappa shape index (κ3) is 4.33. The minimum absolute atomic E-state index is 0.115. The molecule has 1 unspecified atom stereocenters. The van der Waals surface area contributed by atoms with E-state index in [2.05, 4.69) is 9.46 Å². The summed E-state index contributed by atoms with van der Waals surface area (Å²) in [7, 11) is -3.87. The summed E-state index contributed by atoms with van der Waals surface area (Å²) in [5.41, 5.74) is 5.44. The van der Waals surface area contributed by atoms with Gasteiger partial charge in [0.25, 0.3) is 0 Å². The summed E-state index contributed by atoms with van der Waals surface area (Å²) in [6.07, 6.45) is 0.940. The smallest absolute Gasteiger partial charge is 0.421 e. The Hall–Kier alpha value is -0.860. The van der Waals surface area contributed by atoms with Crippen LogP contribution in [0.1, 0.15) is 19.8 Å². The minimum atomic E-state index is -3.87. The number of hydrogen-bond donors (Lipinski definition) is 3. The Balaban J connectivity index is 2.46. The van der Waals surface area contributed by atoms with Gasteiger partial charge in [-0.05, 0) is 25.7 Å². The predicted molar refractivity (Wildman–Crippen MR) is 57.8 cm³/mol. The van der Waals surface area contributed by atoms with E-state index in [1.54, 1.807) is 11.6 Å².